The van der Waals surface area contributed by atoms with E-state index in [1.165, 1.54) is 25.0 Å². The minimum absolute atomic E-state index is 0.0138. The topological polar surface area (TPSA) is 149 Å². The fraction of sp³-hybridized carbons (Fsp3) is 0.535. The van der Waals surface area contributed by atoms with Crippen LogP contribution in [0.25, 0.3) is 10.9 Å². The number of nitrogens with one attached hydrogen (secondary N) is 4. The minimum Gasteiger partial charge on any atom is -0.401 e. The Hall–Kier alpha value is -4.88. The lowest BCUT2D eigenvalue weighted by atomic mass is 9.85. The van der Waals surface area contributed by atoms with Crippen LogP contribution in [0.1, 0.15) is 95.5 Å². The lowest BCUT2D eigenvalue weighted by molar-refractivity contribution is -0.136. The van der Waals surface area contributed by atoms with Crippen LogP contribution in [-0.2, 0) is 44.6 Å². The van der Waals surface area contributed by atoms with E-state index in [9.17, 15) is 36.7 Å². The number of aromatic amines is 1. The first kappa shape index (κ1) is 46.5. The highest BCUT2D eigenvalue weighted by Crippen LogP contribution is 2.39. The molecule has 3 aromatic rings. The van der Waals surface area contributed by atoms with E-state index in [0.717, 1.165) is 30.2 Å². The third kappa shape index (κ3) is 13.9. The summed E-state index contributed by atoms with van der Waals surface area (Å²) in [5, 5.41) is 8.99. The number of benzene rings is 2. The van der Waals surface area contributed by atoms with Gasteiger partial charge in [-0.15, -0.1) is 0 Å². The molecule has 10 nitrogen and oxygen atoms in total. The Morgan fingerprint density at radius 1 is 0.982 bits per heavy atom. The van der Waals surface area contributed by atoms with E-state index in [4.69, 9.17) is 5.73 Å². The molecule has 14 heteroatoms. The number of nitrogens with zero attached hydrogens (tertiary/aromatic N) is 1. The number of likely N-dealkylation sites (tertiary alicyclic amines) is 1. The Bertz CT molecular complexity index is 1820. The molecule has 2 heterocycles. The standard InChI is InChI=1S/C28H37F3N4O3.C11H13FN2O.C4H10/c1-4-16(2)24(27(38)32-15-18-10-12-35(13-11-18)17(3)36)34-26(37)19-8-9-23-21(14-19)20-6-5-7-22(25(20)33-23)28(29,30)31;1-8(13)7-14-11(15)6-9-4-2-3-5-10(9)12;1-3-4-2/h5-7,16,18-19,24,33H,4,8-15H2,1-3H3,(H,32,38)(H,34,37);2-5H,1,6-7,13H2,(H,14,15);3-4H2,1-2H3/t16?,19?,24-;;/m0../s1. The van der Waals surface area contributed by atoms with Crippen LogP contribution in [0.4, 0.5) is 17.6 Å². The van der Waals surface area contributed by atoms with E-state index >= 15 is 0 Å². The quantitative estimate of drug-likeness (QED) is 0.126. The van der Waals surface area contributed by atoms with Crippen molar-refractivity contribution in [2.75, 3.05) is 26.2 Å². The molecule has 2 unspecified atom stereocenters. The van der Waals surface area contributed by atoms with Crippen LogP contribution in [0.2, 0.25) is 0 Å². The van der Waals surface area contributed by atoms with Crippen molar-refractivity contribution in [3.63, 3.8) is 0 Å². The fourth-order valence-corrected chi connectivity index (χ4v) is 6.77. The zero-order valence-corrected chi connectivity index (χ0v) is 33.9. The number of fused-ring (bicyclic) bond motifs is 3. The number of unbranched alkanes of at least 4 members (excludes halogenated alkanes) is 1. The van der Waals surface area contributed by atoms with E-state index in [2.05, 4.69) is 41.4 Å². The van der Waals surface area contributed by atoms with Gasteiger partial charge in [0.1, 0.15) is 11.9 Å². The first-order valence-corrected chi connectivity index (χ1v) is 20.0. The number of hydrogen-bond donors (Lipinski definition) is 5. The van der Waals surface area contributed by atoms with Crippen molar-refractivity contribution in [2.45, 2.75) is 105 Å². The number of para-hydroxylation sites is 1. The molecule has 4 amide bonds. The molecule has 1 fully saturated rings. The van der Waals surface area contributed by atoms with Gasteiger partial charge in [-0.3, -0.25) is 19.2 Å². The summed E-state index contributed by atoms with van der Waals surface area (Å²) in [5.74, 6) is -1.28. The van der Waals surface area contributed by atoms with E-state index in [0.29, 0.717) is 62.0 Å². The predicted octanol–water partition coefficient (Wildman–Crippen LogP) is 6.96. The monoisotopic (exact) mass is 800 g/mol. The molecule has 1 aliphatic heterocycles. The normalized spacial score (nSPS) is 16.4. The third-order valence-electron chi connectivity index (χ3n) is 10.6. The van der Waals surface area contributed by atoms with Gasteiger partial charge < -0.3 is 31.6 Å². The van der Waals surface area contributed by atoms with E-state index in [-0.39, 0.29) is 59.8 Å². The summed E-state index contributed by atoms with van der Waals surface area (Å²) in [4.78, 5) is 54.1. The van der Waals surface area contributed by atoms with Crippen LogP contribution in [0, 0.1) is 23.6 Å². The van der Waals surface area contributed by atoms with Gasteiger partial charge in [0.2, 0.25) is 23.6 Å². The lowest BCUT2D eigenvalue weighted by Gasteiger charge is -2.32. The average Bonchev–Trinajstić information content (AvgIpc) is 3.57. The van der Waals surface area contributed by atoms with Gasteiger partial charge in [0.05, 0.1) is 24.0 Å². The third-order valence-corrected chi connectivity index (χ3v) is 10.6. The lowest BCUT2D eigenvalue weighted by Crippen LogP contribution is -2.53. The summed E-state index contributed by atoms with van der Waals surface area (Å²) in [7, 11) is 0. The molecule has 0 bridgehead atoms. The number of rotatable bonds is 12. The molecule has 314 valence electrons. The zero-order valence-electron chi connectivity index (χ0n) is 33.9. The van der Waals surface area contributed by atoms with Crippen molar-refractivity contribution >= 4 is 34.5 Å². The second-order valence-corrected chi connectivity index (χ2v) is 15.0. The molecule has 2 aromatic carbocycles. The van der Waals surface area contributed by atoms with Crippen LogP contribution in [0.5, 0.6) is 0 Å². The maximum absolute atomic E-state index is 13.5. The summed E-state index contributed by atoms with van der Waals surface area (Å²) in [6.07, 6.45) is 1.83. The smallest absolute Gasteiger partial charge is 0.401 e. The Morgan fingerprint density at radius 2 is 1.65 bits per heavy atom. The van der Waals surface area contributed by atoms with Gasteiger partial charge >= 0.3 is 6.18 Å². The summed E-state index contributed by atoms with van der Waals surface area (Å²) in [6.45, 7) is 15.3. The van der Waals surface area contributed by atoms with Crippen molar-refractivity contribution in [1.29, 1.82) is 0 Å². The minimum atomic E-state index is -4.47. The Morgan fingerprint density at radius 3 is 2.23 bits per heavy atom. The Kier molecular flexibility index (Phi) is 18.1. The van der Waals surface area contributed by atoms with Gasteiger partial charge in [-0.25, -0.2) is 4.39 Å². The van der Waals surface area contributed by atoms with Crippen molar-refractivity contribution < 1.29 is 36.7 Å². The number of amides is 4. The second-order valence-electron chi connectivity index (χ2n) is 15.0. The summed E-state index contributed by atoms with van der Waals surface area (Å²) < 4.78 is 53.7. The fourth-order valence-electron chi connectivity index (χ4n) is 6.77. The molecule has 0 radical (unpaired) electrons. The molecular weight excluding hydrogens is 741 g/mol. The van der Waals surface area contributed by atoms with Gasteiger partial charge in [-0.2, -0.15) is 13.2 Å². The molecule has 0 saturated carbocycles. The molecule has 5 rings (SSSR count). The predicted molar refractivity (Wildman–Crippen MR) is 215 cm³/mol. The number of aromatic nitrogens is 1. The zero-order chi connectivity index (χ0) is 42.3. The average molecular weight is 801 g/mol. The van der Waals surface area contributed by atoms with Gasteiger partial charge in [0.15, 0.2) is 0 Å². The second kappa shape index (κ2) is 22.2. The number of piperidine rings is 1. The molecular formula is C43H60F4N6O4. The van der Waals surface area contributed by atoms with Gasteiger partial charge in [0.25, 0.3) is 0 Å². The summed E-state index contributed by atoms with van der Waals surface area (Å²) >= 11 is 0. The number of carbonyl (C=O) groups is 4. The van der Waals surface area contributed by atoms with Crippen LogP contribution in [-0.4, -0.2) is 65.7 Å². The maximum atomic E-state index is 13.5. The van der Waals surface area contributed by atoms with E-state index in [1.807, 2.05) is 18.7 Å². The number of aryl methyl sites for hydroxylation is 1. The highest BCUT2D eigenvalue weighted by atomic mass is 19.4. The highest BCUT2D eigenvalue weighted by molar-refractivity contribution is 5.91. The maximum Gasteiger partial charge on any atom is 0.418 e. The number of nitrogens with two attached hydrogens (primary N) is 1. The van der Waals surface area contributed by atoms with Crippen molar-refractivity contribution in [3.8, 4) is 0 Å². The Labute approximate surface area is 333 Å². The molecule has 0 spiro atoms. The van der Waals surface area contributed by atoms with Crippen LogP contribution >= 0.6 is 0 Å². The number of carbonyl (C=O) groups excluding carboxylic acids is 4. The molecule has 57 heavy (non-hydrogen) atoms. The molecule has 2 aliphatic rings. The summed E-state index contributed by atoms with van der Waals surface area (Å²) in [6, 6.07) is 9.61. The van der Waals surface area contributed by atoms with E-state index in [1.54, 1.807) is 31.2 Å². The van der Waals surface area contributed by atoms with Crippen LogP contribution in [0.15, 0.2) is 54.7 Å². The first-order valence-electron chi connectivity index (χ1n) is 20.0. The van der Waals surface area contributed by atoms with Crippen molar-refractivity contribution in [2.24, 2.45) is 23.5 Å². The number of alkyl halides is 3. The largest absolute Gasteiger partial charge is 0.418 e. The Balaban J connectivity index is 0.000000379. The summed E-state index contributed by atoms with van der Waals surface area (Å²) in [5.41, 5.74) is 6.88. The van der Waals surface area contributed by atoms with Crippen molar-refractivity contribution in [3.05, 3.63) is 82.9 Å². The van der Waals surface area contributed by atoms with Gasteiger partial charge in [0, 0.05) is 49.3 Å². The molecule has 3 atom stereocenters. The molecule has 1 aromatic heterocycles. The SMILES string of the molecule is C=C(N)CNC(=O)Cc1ccccc1F.CCC(C)[C@H](NC(=O)C1CCc2[nH]c3c(C(F)(F)F)cccc3c2C1)C(=O)NCC1CCN(C(C)=O)CC1.CCCC. The highest BCUT2D eigenvalue weighted by Gasteiger charge is 2.36. The van der Waals surface area contributed by atoms with Crippen molar-refractivity contribution in [1.82, 2.24) is 25.8 Å². The number of hydrogen-bond acceptors (Lipinski definition) is 5. The first-order chi connectivity index (χ1) is 27.0. The van der Waals surface area contributed by atoms with Crippen LogP contribution < -0.4 is 21.7 Å². The number of H-pyrrole nitrogens is 1. The molecule has 1 saturated heterocycles. The van der Waals surface area contributed by atoms with Crippen LogP contribution in [0.3, 0.4) is 0 Å². The van der Waals surface area contributed by atoms with Gasteiger partial charge in [-0.05, 0) is 67.2 Å². The van der Waals surface area contributed by atoms with Gasteiger partial charge in [-0.1, -0.05) is 83.9 Å². The molecule has 1 aliphatic carbocycles. The number of halogens is 4. The van der Waals surface area contributed by atoms with E-state index < -0.39 is 23.7 Å². The molecule has 6 N–H and O–H groups in total.